The van der Waals surface area contributed by atoms with Gasteiger partial charge in [-0.25, -0.2) is 4.98 Å². The average Bonchev–Trinajstić information content (AvgIpc) is 3.49. The van der Waals surface area contributed by atoms with Gasteiger partial charge in [0.1, 0.15) is 0 Å². The summed E-state index contributed by atoms with van der Waals surface area (Å²) < 4.78 is 1.56. The van der Waals surface area contributed by atoms with E-state index in [2.05, 4.69) is 34.1 Å². The number of hydrogen-bond donors (Lipinski definition) is 0. The fraction of sp³-hybridized carbons (Fsp3) is 0.208. The minimum Gasteiger partial charge on any atom is -0.337 e. The van der Waals surface area contributed by atoms with Crippen LogP contribution in [0.2, 0.25) is 0 Å². The molecule has 32 heavy (non-hydrogen) atoms. The van der Waals surface area contributed by atoms with E-state index in [4.69, 9.17) is 0 Å². The predicted molar refractivity (Wildman–Crippen MR) is 130 cm³/mol. The Labute approximate surface area is 193 Å². The quantitative estimate of drug-likeness (QED) is 0.423. The molecule has 3 aromatic heterocycles. The lowest BCUT2D eigenvalue weighted by atomic mass is 10.2. The Hall–Kier alpha value is -3.07. The molecule has 0 spiro atoms. The molecule has 1 fully saturated rings. The molecule has 0 N–H and O–H groups in total. The summed E-state index contributed by atoms with van der Waals surface area (Å²) in [5, 5.41) is 1.87. The fourth-order valence-corrected chi connectivity index (χ4v) is 5.44. The third-order valence-corrected chi connectivity index (χ3v) is 7.36. The zero-order chi connectivity index (χ0) is 21.9. The molecule has 0 atom stereocenters. The van der Waals surface area contributed by atoms with Gasteiger partial charge in [-0.1, -0.05) is 30.3 Å². The van der Waals surface area contributed by atoms with Crippen LogP contribution < -0.4 is 5.56 Å². The number of hydrogen-bond acceptors (Lipinski definition) is 6. The molecule has 162 valence electrons. The fourth-order valence-electron chi connectivity index (χ4n) is 3.78. The number of thiophene rings is 1. The summed E-state index contributed by atoms with van der Waals surface area (Å²) in [6.07, 6.45) is 5.32. The van der Waals surface area contributed by atoms with Crippen LogP contribution in [-0.2, 0) is 11.3 Å². The molecule has 4 aromatic rings. The molecule has 1 aromatic carbocycles. The summed E-state index contributed by atoms with van der Waals surface area (Å²) >= 11 is 3.14. The van der Waals surface area contributed by atoms with Crippen molar-refractivity contribution in [2.75, 3.05) is 26.2 Å². The molecular formula is C24H22N4O2S2. The van der Waals surface area contributed by atoms with Crippen molar-refractivity contribution in [1.82, 2.24) is 19.2 Å². The number of piperazine rings is 1. The Morgan fingerprint density at radius 2 is 1.88 bits per heavy atom. The van der Waals surface area contributed by atoms with Crippen LogP contribution >= 0.6 is 22.7 Å². The van der Waals surface area contributed by atoms with Crippen molar-refractivity contribution in [2.24, 2.45) is 0 Å². The summed E-state index contributed by atoms with van der Waals surface area (Å²) in [4.78, 5) is 36.5. The number of rotatable bonds is 5. The van der Waals surface area contributed by atoms with Crippen LogP contribution in [0.15, 0.2) is 71.0 Å². The van der Waals surface area contributed by atoms with E-state index in [1.807, 2.05) is 34.6 Å². The zero-order valence-corrected chi connectivity index (χ0v) is 19.0. The Bertz CT molecular complexity index is 1310. The molecule has 1 aliphatic rings. The standard InChI is InChI=1S/C24H22N4O2S2/c29-22(9-7-20-6-8-21(32-20)18-4-2-1-3-5-18)27-12-10-26(11-13-27)17-19-16-23(30)28-14-15-31-24(28)25-19/h1-9,14-16H,10-13,17H2. The smallest absolute Gasteiger partial charge is 0.258 e. The number of nitrogens with zero attached hydrogens (tertiary/aromatic N) is 4. The van der Waals surface area contributed by atoms with E-state index in [0.29, 0.717) is 19.6 Å². The van der Waals surface area contributed by atoms with Gasteiger partial charge in [0.05, 0.1) is 5.69 Å². The molecule has 0 unspecified atom stereocenters. The predicted octanol–water partition coefficient (Wildman–Crippen LogP) is 3.84. The van der Waals surface area contributed by atoms with Crippen molar-refractivity contribution >= 4 is 39.6 Å². The van der Waals surface area contributed by atoms with Gasteiger partial charge in [-0.2, -0.15) is 0 Å². The van der Waals surface area contributed by atoms with Gasteiger partial charge in [0, 0.05) is 66.2 Å². The number of aromatic nitrogens is 2. The molecule has 0 saturated carbocycles. The van der Waals surface area contributed by atoms with Gasteiger partial charge in [-0.15, -0.1) is 22.7 Å². The van der Waals surface area contributed by atoms with E-state index in [-0.39, 0.29) is 11.5 Å². The summed E-state index contributed by atoms with van der Waals surface area (Å²) in [5.41, 5.74) is 1.92. The Kier molecular flexibility index (Phi) is 5.98. The summed E-state index contributed by atoms with van der Waals surface area (Å²) in [6.45, 7) is 3.50. The Balaban J connectivity index is 1.16. The van der Waals surface area contributed by atoms with Crippen LogP contribution in [0.5, 0.6) is 0 Å². The Morgan fingerprint density at radius 1 is 1.06 bits per heavy atom. The maximum atomic E-state index is 12.6. The van der Waals surface area contributed by atoms with E-state index in [1.54, 1.807) is 34.1 Å². The monoisotopic (exact) mass is 462 g/mol. The third kappa shape index (κ3) is 4.57. The molecule has 1 amide bonds. The highest BCUT2D eigenvalue weighted by molar-refractivity contribution is 7.16. The first kappa shape index (κ1) is 20.8. The average molecular weight is 463 g/mol. The van der Waals surface area contributed by atoms with E-state index in [1.165, 1.54) is 21.8 Å². The van der Waals surface area contributed by atoms with Crippen LogP contribution in [0.3, 0.4) is 0 Å². The van der Waals surface area contributed by atoms with E-state index >= 15 is 0 Å². The highest BCUT2D eigenvalue weighted by Gasteiger charge is 2.20. The number of amides is 1. The van der Waals surface area contributed by atoms with Crippen molar-refractivity contribution in [3.8, 4) is 10.4 Å². The van der Waals surface area contributed by atoms with Crippen LogP contribution in [0.1, 0.15) is 10.6 Å². The molecule has 0 radical (unpaired) electrons. The van der Waals surface area contributed by atoms with Crippen molar-refractivity contribution in [3.63, 3.8) is 0 Å². The molecule has 4 heterocycles. The first-order valence-corrected chi connectivity index (χ1v) is 12.2. The molecule has 5 rings (SSSR count). The van der Waals surface area contributed by atoms with E-state index in [0.717, 1.165) is 28.6 Å². The van der Waals surface area contributed by atoms with Crippen molar-refractivity contribution in [1.29, 1.82) is 0 Å². The van der Waals surface area contributed by atoms with Crippen LogP contribution in [0, 0.1) is 0 Å². The van der Waals surface area contributed by atoms with Gasteiger partial charge in [-0.3, -0.25) is 18.9 Å². The SMILES string of the molecule is O=C(C=Cc1ccc(-c2ccccc2)s1)N1CCN(Cc2cc(=O)n3ccsc3n2)CC1. The highest BCUT2D eigenvalue weighted by atomic mass is 32.1. The number of benzene rings is 1. The summed E-state index contributed by atoms with van der Waals surface area (Å²) in [5.74, 6) is 0.0377. The second kappa shape index (κ2) is 9.20. The van der Waals surface area contributed by atoms with Gasteiger partial charge in [-0.05, 0) is 23.8 Å². The molecule has 1 aliphatic heterocycles. The highest BCUT2D eigenvalue weighted by Crippen LogP contribution is 2.28. The normalized spacial score (nSPS) is 15.1. The number of fused-ring (bicyclic) bond motifs is 1. The minimum atomic E-state index is -0.0470. The number of carbonyl (C=O) groups is 1. The molecule has 1 saturated heterocycles. The lowest BCUT2D eigenvalue weighted by Gasteiger charge is -2.34. The van der Waals surface area contributed by atoms with Crippen LogP contribution in [0.25, 0.3) is 21.5 Å². The lowest BCUT2D eigenvalue weighted by molar-refractivity contribution is -0.127. The van der Waals surface area contributed by atoms with Gasteiger partial charge in [0.25, 0.3) is 5.56 Å². The van der Waals surface area contributed by atoms with Crippen molar-refractivity contribution in [3.05, 3.63) is 87.1 Å². The zero-order valence-electron chi connectivity index (χ0n) is 17.4. The van der Waals surface area contributed by atoms with Crippen molar-refractivity contribution < 1.29 is 4.79 Å². The maximum absolute atomic E-state index is 12.6. The first-order chi connectivity index (χ1) is 15.7. The van der Waals surface area contributed by atoms with Gasteiger partial charge < -0.3 is 4.90 Å². The largest absolute Gasteiger partial charge is 0.337 e. The summed E-state index contributed by atoms with van der Waals surface area (Å²) in [6, 6.07) is 16.0. The maximum Gasteiger partial charge on any atom is 0.258 e. The molecule has 8 heteroatoms. The molecule has 0 bridgehead atoms. The molecule has 0 aliphatic carbocycles. The topological polar surface area (TPSA) is 57.9 Å². The second-order valence-electron chi connectivity index (χ2n) is 7.64. The third-order valence-electron chi connectivity index (χ3n) is 5.50. The van der Waals surface area contributed by atoms with Crippen LogP contribution in [0.4, 0.5) is 0 Å². The van der Waals surface area contributed by atoms with Gasteiger partial charge in [0.2, 0.25) is 5.91 Å². The van der Waals surface area contributed by atoms with Crippen LogP contribution in [-0.4, -0.2) is 51.3 Å². The second-order valence-corrected chi connectivity index (χ2v) is 9.63. The van der Waals surface area contributed by atoms with Crippen molar-refractivity contribution in [2.45, 2.75) is 6.54 Å². The Morgan fingerprint density at radius 3 is 2.69 bits per heavy atom. The summed E-state index contributed by atoms with van der Waals surface area (Å²) in [7, 11) is 0. The minimum absolute atomic E-state index is 0.0377. The van der Waals surface area contributed by atoms with E-state index < -0.39 is 0 Å². The number of thiazole rings is 1. The first-order valence-electron chi connectivity index (χ1n) is 10.5. The number of carbonyl (C=O) groups excluding carboxylic acids is 1. The molecular weight excluding hydrogens is 440 g/mol. The van der Waals surface area contributed by atoms with E-state index in [9.17, 15) is 9.59 Å². The van der Waals surface area contributed by atoms with Gasteiger partial charge in [0.15, 0.2) is 4.96 Å². The lowest BCUT2D eigenvalue weighted by Crippen LogP contribution is -2.48. The van der Waals surface area contributed by atoms with Gasteiger partial charge >= 0.3 is 0 Å². The molecule has 6 nitrogen and oxygen atoms in total.